The third-order valence-electron chi connectivity index (χ3n) is 3.01. The van der Waals surface area contributed by atoms with Crippen molar-refractivity contribution in [1.82, 2.24) is 5.32 Å². The SMILES string of the molecule is Cl.NCC(NC(=O)c1cc(F)c(F)c(F)c1)C1CC1. The van der Waals surface area contributed by atoms with E-state index in [0.717, 1.165) is 12.8 Å². The van der Waals surface area contributed by atoms with Crippen LogP contribution in [0.4, 0.5) is 13.2 Å². The molecule has 1 aromatic carbocycles. The van der Waals surface area contributed by atoms with Gasteiger partial charge in [0.2, 0.25) is 0 Å². The van der Waals surface area contributed by atoms with E-state index < -0.39 is 23.4 Å². The van der Waals surface area contributed by atoms with E-state index in [2.05, 4.69) is 5.32 Å². The molecule has 0 aliphatic heterocycles. The molecule has 0 heterocycles. The first-order valence-electron chi connectivity index (χ1n) is 5.68. The molecule has 7 heteroatoms. The maximum Gasteiger partial charge on any atom is 0.251 e. The highest BCUT2D eigenvalue weighted by Gasteiger charge is 2.31. The van der Waals surface area contributed by atoms with Gasteiger partial charge >= 0.3 is 0 Å². The smallest absolute Gasteiger partial charge is 0.251 e. The van der Waals surface area contributed by atoms with Crippen molar-refractivity contribution in [3.8, 4) is 0 Å². The molecule has 0 bridgehead atoms. The maximum absolute atomic E-state index is 13.0. The lowest BCUT2D eigenvalue weighted by molar-refractivity contribution is 0.0932. The number of benzene rings is 1. The Kier molecular flexibility index (Phi) is 5.20. The number of nitrogens with one attached hydrogen (secondary N) is 1. The van der Waals surface area contributed by atoms with Crippen molar-refractivity contribution >= 4 is 18.3 Å². The molecule has 1 saturated carbocycles. The lowest BCUT2D eigenvalue weighted by atomic mass is 10.1. The summed E-state index contributed by atoms with van der Waals surface area (Å²) in [7, 11) is 0. The van der Waals surface area contributed by atoms with Crippen molar-refractivity contribution in [3.63, 3.8) is 0 Å². The summed E-state index contributed by atoms with van der Waals surface area (Å²) in [5.74, 6) is -4.65. The van der Waals surface area contributed by atoms with Gasteiger partial charge in [0, 0.05) is 18.2 Å². The maximum atomic E-state index is 13.0. The molecular weight excluding hydrogens is 281 g/mol. The van der Waals surface area contributed by atoms with Crippen LogP contribution in [0.15, 0.2) is 12.1 Å². The standard InChI is InChI=1S/C12H13F3N2O.ClH/c13-8-3-7(4-9(14)11(8)15)12(18)17-10(5-16)6-1-2-6;/h3-4,6,10H,1-2,5,16H2,(H,17,18);1H. The molecule has 1 unspecified atom stereocenters. The molecule has 1 amide bonds. The van der Waals surface area contributed by atoms with Crippen LogP contribution in [0, 0.1) is 23.4 Å². The minimum Gasteiger partial charge on any atom is -0.348 e. The lowest BCUT2D eigenvalue weighted by Crippen LogP contribution is -2.41. The molecule has 1 atom stereocenters. The molecule has 1 aliphatic carbocycles. The van der Waals surface area contributed by atoms with Gasteiger partial charge in [-0.25, -0.2) is 13.2 Å². The Morgan fingerprint density at radius 3 is 2.26 bits per heavy atom. The van der Waals surface area contributed by atoms with Crippen LogP contribution in [0.2, 0.25) is 0 Å². The summed E-state index contributed by atoms with van der Waals surface area (Å²) in [6.45, 7) is 0.266. The summed E-state index contributed by atoms with van der Waals surface area (Å²) in [6, 6.07) is 1.15. The van der Waals surface area contributed by atoms with Gasteiger partial charge in [-0.05, 0) is 30.9 Å². The van der Waals surface area contributed by atoms with Crippen molar-refractivity contribution in [2.75, 3.05) is 6.54 Å². The summed E-state index contributed by atoms with van der Waals surface area (Å²) in [5.41, 5.74) is 5.26. The van der Waals surface area contributed by atoms with E-state index in [1.807, 2.05) is 0 Å². The zero-order valence-corrected chi connectivity index (χ0v) is 10.8. The highest BCUT2D eigenvalue weighted by molar-refractivity contribution is 5.94. The monoisotopic (exact) mass is 294 g/mol. The topological polar surface area (TPSA) is 55.1 Å². The number of carbonyl (C=O) groups is 1. The second-order valence-electron chi connectivity index (χ2n) is 4.41. The van der Waals surface area contributed by atoms with Gasteiger partial charge in [0.15, 0.2) is 17.5 Å². The van der Waals surface area contributed by atoms with E-state index in [1.54, 1.807) is 0 Å². The van der Waals surface area contributed by atoms with Crippen molar-refractivity contribution in [1.29, 1.82) is 0 Å². The number of amides is 1. The zero-order chi connectivity index (χ0) is 13.3. The van der Waals surface area contributed by atoms with Crippen molar-refractivity contribution < 1.29 is 18.0 Å². The van der Waals surface area contributed by atoms with E-state index in [9.17, 15) is 18.0 Å². The average Bonchev–Trinajstić information content (AvgIpc) is 3.16. The van der Waals surface area contributed by atoms with Gasteiger partial charge in [-0.2, -0.15) is 0 Å². The van der Waals surface area contributed by atoms with Crippen molar-refractivity contribution in [2.45, 2.75) is 18.9 Å². The fourth-order valence-corrected chi connectivity index (χ4v) is 1.81. The quantitative estimate of drug-likeness (QED) is 0.835. The van der Waals surface area contributed by atoms with Crippen molar-refractivity contribution in [2.24, 2.45) is 11.7 Å². The Labute approximate surface area is 114 Å². The van der Waals surface area contributed by atoms with Crippen LogP contribution >= 0.6 is 12.4 Å². The normalized spacial score (nSPS) is 15.6. The molecule has 2 rings (SSSR count). The molecule has 0 spiro atoms. The zero-order valence-electron chi connectivity index (χ0n) is 9.96. The van der Waals surface area contributed by atoms with Gasteiger partial charge in [0.1, 0.15) is 0 Å². The fourth-order valence-electron chi connectivity index (χ4n) is 1.81. The van der Waals surface area contributed by atoms with Crippen LogP contribution in [0.25, 0.3) is 0 Å². The molecule has 106 valence electrons. The Morgan fingerprint density at radius 2 is 1.84 bits per heavy atom. The fraction of sp³-hybridized carbons (Fsp3) is 0.417. The van der Waals surface area contributed by atoms with Gasteiger partial charge < -0.3 is 11.1 Å². The predicted octanol–water partition coefficient (Wildman–Crippen LogP) is 1.99. The van der Waals surface area contributed by atoms with E-state index in [1.165, 1.54) is 0 Å². The first kappa shape index (κ1) is 15.8. The van der Waals surface area contributed by atoms with Crippen LogP contribution in [-0.2, 0) is 0 Å². The third-order valence-corrected chi connectivity index (χ3v) is 3.01. The largest absolute Gasteiger partial charge is 0.348 e. The molecule has 19 heavy (non-hydrogen) atoms. The van der Waals surface area contributed by atoms with Crippen molar-refractivity contribution in [3.05, 3.63) is 35.1 Å². The summed E-state index contributed by atoms with van der Waals surface area (Å²) in [6.07, 6.45) is 1.96. The van der Waals surface area contributed by atoms with E-state index in [4.69, 9.17) is 5.73 Å². The van der Waals surface area contributed by atoms with E-state index in [-0.39, 0.29) is 30.6 Å². The Bertz CT molecular complexity index is 457. The molecule has 0 aromatic heterocycles. The number of nitrogens with two attached hydrogens (primary N) is 1. The van der Waals surface area contributed by atoms with Gasteiger partial charge in [0.05, 0.1) is 0 Å². The second-order valence-corrected chi connectivity index (χ2v) is 4.41. The summed E-state index contributed by atoms with van der Waals surface area (Å²) in [5, 5.41) is 2.60. The minimum atomic E-state index is -1.58. The number of rotatable bonds is 4. The first-order valence-corrected chi connectivity index (χ1v) is 5.68. The van der Waals surface area contributed by atoms with Gasteiger partial charge in [0.25, 0.3) is 5.91 Å². The van der Waals surface area contributed by atoms with Crippen LogP contribution in [0.1, 0.15) is 23.2 Å². The molecule has 1 fully saturated rings. The molecule has 0 radical (unpaired) electrons. The second kappa shape index (κ2) is 6.25. The molecule has 1 aliphatic rings. The number of hydrogen-bond acceptors (Lipinski definition) is 2. The highest BCUT2D eigenvalue weighted by Crippen LogP contribution is 2.32. The van der Waals surface area contributed by atoms with Gasteiger partial charge in [-0.3, -0.25) is 4.79 Å². The Balaban J connectivity index is 0.00000180. The van der Waals surface area contributed by atoms with E-state index >= 15 is 0 Å². The molecule has 3 N–H and O–H groups in total. The van der Waals surface area contributed by atoms with Crippen LogP contribution in [0.3, 0.4) is 0 Å². The predicted molar refractivity (Wildman–Crippen MR) is 66.6 cm³/mol. The van der Waals surface area contributed by atoms with Crippen LogP contribution in [-0.4, -0.2) is 18.5 Å². The minimum absolute atomic E-state index is 0. The van der Waals surface area contributed by atoms with Crippen LogP contribution < -0.4 is 11.1 Å². The number of carbonyl (C=O) groups excluding carboxylic acids is 1. The molecular formula is C12H14ClF3N2O. The lowest BCUT2D eigenvalue weighted by Gasteiger charge is -2.16. The summed E-state index contributed by atoms with van der Waals surface area (Å²) in [4.78, 5) is 11.7. The van der Waals surface area contributed by atoms with E-state index in [0.29, 0.717) is 18.1 Å². The summed E-state index contributed by atoms with van der Waals surface area (Å²) >= 11 is 0. The molecule has 3 nitrogen and oxygen atoms in total. The Hall–Kier alpha value is -1.27. The van der Waals surface area contributed by atoms with Gasteiger partial charge in [-0.15, -0.1) is 12.4 Å². The Morgan fingerprint density at radius 1 is 1.32 bits per heavy atom. The molecule has 0 saturated heterocycles. The van der Waals surface area contributed by atoms with Gasteiger partial charge in [-0.1, -0.05) is 0 Å². The summed E-state index contributed by atoms with van der Waals surface area (Å²) < 4.78 is 38.7. The molecule has 1 aromatic rings. The highest BCUT2D eigenvalue weighted by atomic mass is 35.5. The average molecular weight is 295 g/mol. The number of hydrogen-bond donors (Lipinski definition) is 2. The van der Waals surface area contributed by atoms with Crippen LogP contribution in [0.5, 0.6) is 0 Å². The number of halogens is 4. The third kappa shape index (κ3) is 3.61. The first-order chi connectivity index (χ1) is 8.52.